The van der Waals surface area contributed by atoms with Gasteiger partial charge in [0.25, 0.3) is 0 Å². The number of aromatic nitrogens is 2. The van der Waals surface area contributed by atoms with Gasteiger partial charge >= 0.3 is 5.97 Å². The van der Waals surface area contributed by atoms with Crippen LogP contribution in [0.2, 0.25) is 0 Å². The lowest BCUT2D eigenvalue weighted by Crippen LogP contribution is -2.20. The fourth-order valence-corrected chi connectivity index (χ4v) is 3.96. The van der Waals surface area contributed by atoms with Crippen LogP contribution in [-0.2, 0) is 9.53 Å². The Kier molecular flexibility index (Phi) is 6.17. The molecule has 0 saturated carbocycles. The van der Waals surface area contributed by atoms with E-state index in [0.29, 0.717) is 11.3 Å². The van der Waals surface area contributed by atoms with Crippen LogP contribution in [0.15, 0.2) is 29.6 Å². The predicted molar refractivity (Wildman–Crippen MR) is 112 cm³/mol. The number of esters is 1. The largest absolute Gasteiger partial charge is 0.482 e. The van der Waals surface area contributed by atoms with Gasteiger partial charge in [0, 0.05) is 22.3 Å². The Morgan fingerprint density at radius 1 is 1.07 bits per heavy atom. The minimum Gasteiger partial charge on any atom is -0.482 e. The summed E-state index contributed by atoms with van der Waals surface area (Å²) in [4.78, 5) is 29.1. The molecule has 152 valence electrons. The van der Waals surface area contributed by atoms with E-state index in [4.69, 9.17) is 9.47 Å². The van der Waals surface area contributed by atoms with E-state index in [0.717, 1.165) is 33.3 Å². The maximum atomic E-state index is 12.6. The molecule has 6 nitrogen and oxygen atoms in total. The number of hydrogen-bond donors (Lipinski definition) is 0. The molecule has 0 radical (unpaired) electrons. The van der Waals surface area contributed by atoms with Crippen molar-refractivity contribution in [1.29, 1.82) is 0 Å². The Bertz CT molecular complexity index is 1060. The van der Waals surface area contributed by atoms with E-state index < -0.39 is 5.97 Å². The Labute approximate surface area is 174 Å². The summed E-state index contributed by atoms with van der Waals surface area (Å²) >= 11 is 1.52. The number of rotatable bonds is 7. The molecule has 0 aliphatic carbocycles. The summed E-state index contributed by atoms with van der Waals surface area (Å²) in [5, 5.41) is 2.78. The van der Waals surface area contributed by atoms with Gasteiger partial charge < -0.3 is 9.47 Å². The second kappa shape index (κ2) is 8.61. The first kappa shape index (κ1) is 20.8. The number of thiazole rings is 1. The van der Waals surface area contributed by atoms with Crippen molar-refractivity contribution in [2.24, 2.45) is 0 Å². The highest BCUT2D eigenvalue weighted by molar-refractivity contribution is 7.12. The lowest BCUT2D eigenvalue weighted by atomic mass is 10.1. The highest BCUT2D eigenvalue weighted by Crippen LogP contribution is 2.24. The third-order valence-corrected chi connectivity index (χ3v) is 5.53. The highest BCUT2D eigenvalue weighted by atomic mass is 32.1. The first-order valence-electron chi connectivity index (χ1n) is 9.26. The maximum Gasteiger partial charge on any atom is 0.344 e. The summed E-state index contributed by atoms with van der Waals surface area (Å²) < 4.78 is 12.6. The molecule has 0 atom stereocenters. The quantitative estimate of drug-likeness (QED) is 0.428. The zero-order chi connectivity index (χ0) is 21.1. The molecule has 2 aromatic heterocycles. The fraction of sp³-hybridized carbons (Fsp3) is 0.318. The molecule has 1 aromatic carbocycles. The molecule has 3 aromatic rings. The smallest absolute Gasteiger partial charge is 0.344 e. The molecule has 0 N–H and O–H groups in total. The molecule has 0 unspecified atom stereocenters. The zero-order valence-electron chi connectivity index (χ0n) is 17.2. The van der Waals surface area contributed by atoms with Gasteiger partial charge in [0.15, 0.2) is 18.3 Å². The lowest BCUT2D eigenvalue weighted by molar-refractivity contribution is -0.144. The van der Waals surface area contributed by atoms with Crippen LogP contribution in [-0.4, -0.2) is 34.5 Å². The molecule has 0 bridgehead atoms. The number of aryl methyl sites for hydroxylation is 4. The Morgan fingerprint density at radius 3 is 2.52 bits per heavy atom. The number of carbonyl (C=O) groups excluding carboxylic acids is 2. The second-order valence-electron chi connectivity index (χ2n) is 7.03. The first-order chi connectivity index (χ1) is 13.8. The van der Waals surface area contributed by atoms with Crippen LogP contribution in [0.3, 0.4) is 0 Å². The molecule has 2 heterocycles. The maximum absolute atomic E-state index is 12.6. The monoisotopic (exact) mass is 412 g/mol. The van der Waals surface area contributed by atoms with Crippen LogP contribution in [0.5, 0.6) is 5.75 Å². The van der Waals surface area contributed by atoms with Gasteiger partial charge in [0.2, 0.25) is 5.78 Å². The number of Topliss-reactive ketones (excluding diaryl/α,β-unsaturated/α-hetero) is 1. The van der Waals surface area contributed by atoms with Crippen LogP contribution in [0.4, 0.5) is 0 Å². The Balaban J connectivity index is 1.61. The van der Waals surface area contributed by atoms with E-state index >= 15 is 0 Å². The van der Waals surface area contributed by atoms with Crippen molar-refractivity contribution in [1.82, 2.24) is 9.55 Å². The van der Waals surface area contributed by atoms with E-state index in [1.165, 1.54) is 11.3 Å². The van der Waals surface area contributed by atoms with Gasteiger partial charge in [-0.25, -0.2) is 9.78 Å². The zero-order valence-corrected chi connectivity index (χ0v) is 18.1. The van der Waals surface area contributed by atoms with Crippen LogP contribution in [0.25, 0.3) is 5.13 Å². The van der Waals surface area contributed by atoms with Crippen molar-refractivity contribution in [2.45, 2.75) is 34.6 Å². The Morgan fingerprint density at radius 2 is 1.83 bits per heavy atom. The van der Waals surface area contributed by atoms with Gasteiger partial charge in [0.05, 0.1) is 5.69 Å². The molecule has 0 fully saturated rings. The number of ketones is 1. The van der Waals surface area contributed by atoms with Crippen molar-refractivity contribution in [2.75, 3.05) is 13.2 Å². The van der Waals surface area contributed by atoms with Crippen LogP contribution in [0, 0.1) is 34.6 Å². The molecule has 29 heavy (non-hydrogen) atoms. The summed E-state index contributed by atoms with van der Waals surface area (Å²) in [6.45, 7) is 9.01. The number of carbonyl (C=O) groups is 2. The van der Waals surface area contributed by atoms with E-state index in [2.05, 4.69) is 4.98 Å². The molecule has 0 spiro atoms. The SMILES string of the molecule is Cc1ccc(C)c(OCC(=O)OCC(=O)c2cc(C)n(-c3nc(C)cs3)c2C)c1. The molecular weight excluding hydrogens is 388 g/mol. The standard InChI is InChI=1S/C22H24N2O4S/c1-13-6-7-14(2)20(8-13)27-11-21(26)28-10-19(25)18-9-16(4)24(17(18)5)22-23-15(3)12-29-22/h6-9,12H,10-11H2,1-5H3. The number of benzene rings is 1. The summed E-state index contributed by atoms with van der Waals surface area (Å²) in [7, 11) is 0. The molecule has 0 amide bonds. The topological polar surface area (TPSA) is 70.4 Å². The van der Waals surface area contributed by atoms with Gasteiger partial charge in [-0.05, 0) is 57.9 Å². The number of hydrogen-bond acceptors (Lipinski definition) is 6. The van der Waals surface area contributed by atoms with Crippen molar-refractivity contribution in [3.63, 3.8) is 0 Å². The number of nitrogens with zero attached hydrogens (tertiary/aromatic N) is 2. The third kappa shape index (κ3) is 4.74. The molecule has 7 heteroatoms. The van der Waals surface area contributed by atoms with Gasteiger partial charge in [-0.3, -0.25) is 9.36 Å². The van der Waals surface area contributed by atoms with Crippen LogP contribution >= 0.6 is 11.3 Å². The van der Waals surface area contributed by atoms with Gasteiger partial charge in [-0.1, -0.05) is 12.1 Å². The van der Waals surface area contributed by atoms with E-state index in [1.54, 1.807) is 6.07 Å². The molecular formula is C22H24N2O4S. The highest BCUT2D eigenvalue weighted by Gasteiger charge is 2.19. The van der Waals surface area contributed by atoms with Crippen molar-refractivity contribution < 1.29 is 19.1 Å². The summed E-state index contributed by atoms with van der Waals surface area (Å²) in [6, 6.07) is 7.57. The van der Waals surface area contributed by atoms with Gasteiger partial charge in [0.1, 0.15) is 5.75 Å². The summed E-state index contributed by atoms with van der Waals surface area (Å²) in [5.41, 5.74) is 5.13. The average Bonchev–Trinajstić information content (AvgIpc) is 3.22. The van der Waals surface area contributed by atoms with Crippen LogP contribution in [0.1, 0.15) is 38.6 Å². The van der Waals surface area contributed by atoms with Gasteiger partial charge in [-0.15, -0.1) is 11.3 Å². The minimum atomic E-state index is -0.580. The minimum absolute atomic E-state index is 0.241. The van der Waals surface area contributed by atoms with Crippen LogP contribution < -0.4 is 4.74 Å². The normalized spacial score (nSPS) is 10.8. The van der Waals surface area contributed by atoms with Crippen molar-refractivity contribution >= 4 is 23.1 Å². The molecule has 3 rings (SSSR count). The van der Waals surface area contributed by atoms with E-state index in [1.807, 2.05) is 62.8 Å². The first-order valence-corrected chi connectivity index (χ1v) is 10.1. The fourth-order valence-electron chi connectivity index (χ4n) is 3.05. The Hall–Kier alpha value is -2.93. The lowest BCUT2D eigenvalue weighted by Gasteiger charge is -2.10. The second-order valence-corrected chi connectivity index (χ2v) is 7.87. The van der Waals surface area contributed by atoms with Crippen molar-refractivity contribution in [3.05, 3.63) is 63.4 Å². The van der Waals surface area contributed by atoms with E-state index in [-0.39, 0.29) is 19.0 Å². The average molecular weight is 413 g/mol. The molecule has 0 saturated heterocycles. The third-order valence-electron chi connectivity index (χ3n) is 4.58. The predicted octanol–water partition coefficient (Wildman–Crippen LogP) is 4.28. The summed E-state index contributed by atoms with van der Waals surface area (Å²) in [5.74, 6) is -0.197. The number of ether oxygens (including phenoxy) is 2. The molecule has 0 aliphatic heterocycles. The van der Waals surface area contributed by atoms with E-state index in [9.17, 15) is 9.59 Å². The van der Waals surface area contributed by atoms with Crippen molar-refractivity contribution in [3.8, 4) is 10.9 Å². The molecule has 0 aliphatic rings. The summed E-state index contributed by atoms with van der Waals surface area (Å²) in [6.07, 6.45) is 0. The van der Waals surface area contributed by atoms with Gasteiger partial charge in [-0.2, -0.15) is 0 Å².